The highest BCUT2D eigenvalue weighted by atomic mass is 19.1. The number of hydrogen-bond donors (Lipinski definition) is 2. The highest BCUT2D eigenvalue weighted by Crippen LogP contribution is 2.34. The molecule has 0 fully saturated rings. The van der Waals surface area contributed by atoms with E-state index in [0.29, 0.717) is 5.70 Å². The van der Waals surface area contributed by atoms with Crippen LogP contribution >= 0.6 is 0 Å². The fourth-order valence-electron chi connectivity index (χ4n) is 2.24. The van der Waals surface area contributed by atoms with E-state index in [0.717, 1.165) is 29.5 Å². The van der Waals surface area contributed by atoms with Crippen LogP contribution < -0.4 is 10.6 Å². The zero-order valence-electron chi connectivity index (χ0n) is 9.93. The number of benzene rings is 1. The third-order valence-electron chi connectivity index (χ3n) is 3.04. The largest absolute Gasteiger partial charge is 0.383 e. The molecule has 0 aliphatic heterocycles. The van der Waals surface area contributed by atoms with Crippen molar-refractivity contribution >= 4 is 11.5 Å². The first kappa shape index (κ1) is 11.6. The van der Waals surface area contributed by atoms with Crippen molar-refractivity contribution in [1.82, 2.24) is 10.6 Å². The average Bonchev–Trinajstić information content (AvgIpc) is 2.73. The van der Waals surface area contributed by atoms with E-state index < -0.39 is 0 Å². The minimum absolute atomic E-state index is 0.139. The molecule has 1 aromatic rings. The summed E-state index contributed by atoms with van der Waals surface area (Å²) in [6, 6.07) is 4.72. The Morgan fingerprint density at radius 3 is 2.65 bits per heavy atom. The van der Waals surface area contributed by atoms with Gasteiger partial charge in [-0.15, -0.1) is 0 Å². The van der Waals surface area contributed by atoms with Crippen molar-refractivity contribution in [2.24, 2.45) is 0 Å². The second-order valence-corrected chi connectivity index (χ2v) is 3.98. The molecule has 0 spiro atoms. The van der Waals surface area contributed by atoms with E-state index in [1.165, 1.54) is 6.07 Å². The van der Waals surface area contributed by atoms with Gasteiger partial charge in [0, 0.05) is 14.1 Å². The summed E-state index contributed by atoms with van der Waals surface area (Å²) >= 11 is 0. The van der Waals surface area contributed by atoms with E-state index in [2.05, 4.69) is 10.6 Å². The summed E-state index contributed by atoms with van der Waals surface area (Å²) in [6.45, 7) is 0. The Morgan fingerprint density at radius 1 is 1.24 bits per heavy atom. The molecular formula is C13H15FN2O. The molecule has 0 saturated heterocycles. The fraction of sp³-hybridized carbons (Fsp3) is 0.308. The van der Waals surface area contributed by atoms with Gasteiger partial charge in [0.1, 0.15) is 11.5 Å². The highest BCUT2D eigenvalue weighted by Gasteiger charge is 2.22. The van der Waals surface area contributed by atoms with Crippen molar-refractivity contribution in [3.63, 3.8) is 0 Å². The molecule has 0 aromatic heterocycles. The Morgan fingerprint density at radius 2 is 2.00 bits per heavy atom. The van der Waals surface area contributed by atoms with Crippen LogP contribution in [-0.4, -0.2) is 20.0 Å². The van der Waals surface area contributed by atoms with E-state index in [4.69, 9.17) is 0 Å². The molecule has 0 unspecified atom stereocenters. The van der Waals surface area contributed by atoms with Gasteiger partial charge in [0.15, 0.2) is 0 Å². The molecule has 90 valence electrons. The quantitative estimate of drug-likeness (QED) is 0.760. The van der Waals surface area contributed by atoms with Crippen molar-refractivity contribution in [3.05, 3.63) is 40.8 Å². The Hall–Kier alpha value is -1.84. The summed E-state index contributed by atoms with van der Waals surface area (Å²) < 4.78 is 13.1. The summed E-state index contributed by atoms with van der Waals surface area (Å²) in [4.78, 5) is 11.7. The number of carbonyl (C=O) groups excluding carboxylic acids is 1. The first-order chi connectivity index (χ1) is 8.17. The molecule has 2 rings (SSSR count). The first-order valence-electron chi connectivity index (χ1n) is 5.59. The molecule has 1 aliphatic carbocycles. The number of aryl methyl sites for hydroxylation is 1. The lowest BCUT2D eigenvalue weighted by Crippen LogP contribution is -2.28. The maximum atomic E-state index is 13.1. The topological polar surface area (TPSA) is 41.1 Å². The van der Waals surface area contributed by atoms with E-state index in [1.807, 2.05) is 0 Å². The van der Waals surface area contributed by atoms with Gasteiger partial charge in [-0.1, -0.05) is 6.07 Å². The summed E-state index contributed by atoms with van der Waals surface area (Å²) in [7, 11) is 3.32. The number of halogens is 1. The van der Waals surface area contributed by atoms with Gasteiger partial charge in [0.2, 0.25) is 0 Å². The summed E-state index contributed by atoms with van der Waals surface area (Å²) in [5.41, 5.74) is 3.47. The number of carbonyl (C=O) groups is 1. The van der Waals surface area contributed by atoms with Gasteiger partial charge in [0.25, 0.3) is 5.91 Å². The van der Waals surface area contributed by atoms with Crippen molar-refractivity contribution in [2.75, 3.05) is 14.1 Å². The number of likely N-dealkylation sites (N-methyl/N-ethyl adjacent to an activating group) is 2. The number of allylic oxidation sites excluding steroid dienone is 1. The van der Waals surface area contributed by atoms with Gasteiger partial charge in [-0.3, -0.25) is 4.79 Å². The van der Waals surface area contributed by atoms with E-state index >= 15 is 0 Å². The van der Waals surface area contributed by atoms with Gasteiger partial charge < -0.3 is 10.6 Å². The van der Waals surface area contributed by atoms with Gasteiger partial charge in [-0.05, 0) is 41.7 Å². The summed E-state index contributed by atoms with van der Waals surface area (Å²) in [5, 5.41) is 5.53. The van der Waals surface area contributed by atoms with E-state index in [9.17, 15) is 9.18 Å². The molecule has 1 aliphatic rings. The highest BCUT2D eigenvalue weighted by molar-refractivity contribution is 6.01. The molecule has 0 atom stereocenters. The third kappa shape index (κ3) is 2.02. The number of nitrogens with one attached hydrogen (secondary N) is 2. The van der Waals surface area contributed by atoms with Crippen LogP contribution in [0.5, 0.6) is 0 Å². The molecule has 2 N–H and O–H groups in total. The van der Waals surface area contributed by atoms with Crippen molar-refractivity contribution in [2.45, 2.75) is 12.8 Å². The number of hydrogen-bond acceptors (Lipinski definition) is 2. The Labute approximate surface area is 99.7 Å². The Balaban J connectivity index is 2.50. The minimum atomic E-state index is -0.226. The maximum absolute atomic E-state index is 13.1. The fourth-order valence-corrected chi connectivity index (χ4v) is 2.24. The second-order valence-electron chi connectivity index (χ2n) is 3.98. The minimum Gasteiger partial charge on any atom is -0.383 e. The van der Waals surface area contributed by atoms with Crippen LogP contribution in [-0.2, 0) is 11.2 Å². The lowest BCUT2D eigenvalue weighted by molar-refractivity contribution is -0.117. The van der Waals surface area contributed by atoms with Crippen LogP contribution in [0.4, 0.5) is 4.39 Å². The zero-order valence-corrected chi connectivity index (χ0v) is 9.93. The first-order valence-corrected chi connectivity index (χ1v) is 5.59. The van der Waals surface area contributed by atoms with E-state index in [1.54, 1.807) is 26.2 Å². The van der Waals surface area contributed by atoms with Gasteiger partial charge >= 0.3 is 0 Å². The summed E-state index contributed by atoms with van der Waals surface area (Å²) in [5.74, 6) is -0.365. The molecule has 0 saturated carbocycles. The Bertz CT molecular complexity index is 494. The molecule has 1 aromatic carbocycles. The molecule has 0 bridgehead atoms. The van der Waals surface area contributed by atoms with Crippen molar-refractivity contribution in [1.29, 1.82) is 0 Å². The van der Waals surface area contributed by atoms with Crippen LogP contribution in [0.2, 0.25) is 0 Å². The van der Waals surface area contributed by atoms with Crippen molar-refractivity contribution < 1.29 is 9.18 Å². The van der Waals surface area contributed by atoms with Crippen molar-refractivity contribution in [3.8, 4) is 0 Å². The monoisotopic (exact) mass is 234 g/mol. The maximum Gasteiger partial charge on any atom is 0.267 e. The molecule has 0 radical (unpaired) electrons. The van der Waals surface area contributed by atoms with Gasteiger partial charge in [0.05, 0.1) is 0 Å². The van der Waals surface area contributed by atoms with Crippen LogP contribution in [0.25, 0.3) is 5.57 Å². The molecule has 4 heteroatoms. The van der Waals surface area contributed by atoms with Crippen LogP contribution in [0.3, 0.4) is 0 Å². The predicted octanol–water partition coefficient (Wildman–Crippen LogP) is 1.45. The van der Waals surface area contributed by atoms with E-state index in [-0.39, 0.29) is 11.7 Å². The summed E-state index contributed by atoms with van der Waals surface area (Å²) in [6.07, 6.45) is 1.55. The second kappa shape index (κ2) is 4.57. The smallest absolute Gasteiger partial charge is 0.267 e. The van der Waals surface area contributed by atoms with Gasteiger partial charge in [-0.2, -0.15) is 0 Å². The standard InChI is InChI=1S/C13H15FN2O/c1-15-12(13(17)16-2)11-5-3-8-7-9(14)4-6-10(8)11/h4,6-7,15H,3,5H2,1-2H3,(H,16,17)/b12-11-. The van der Waals surface area contributed by atoms with Crippen LogP contribution in [0, 0.1) is 5.82 Å². The number of rotatable bonds is 2. The molecule has 1 amide bonds. The van der Waals surface area contributed by atoms with Gasteiger partial charge in [-0.25, -0.2) is 4.39 Å². The molecular weight excluding hydrogens is 219 g/mol. The average molecular weight is 234 g/mol. The van der Waals surface area contributed by atoms with Crippen LogP contribution in [0.15, 0.2) is 23.9 Å². The predicted molar refractivity (Wildman–Crippen MR) is 64.8 cm³/mol. The van der Waals surface area contributed by atoms with Crippen LogP contribution in [0.1, 0.15) is 17.5 Å². The SMILES string of the molecule is CNC(=O)/C(NC)=C1\CCc2cc(F)ccc21. The third-order valence-corrected chi connectivity index (χ3v) is 3.04. The number of amides is 1. The Kier molecular flexibility index (Phi) is 3.13. The number of fused-ring (bicyclic) bond motifs is 1. The normalized spacial score (nSPS) is 16.4. The molecule has 3 nitrogen and oxygen atoms in total. The lowest BCUT2D eigenvalue weighted by atomic mass is 10.0. The lowest BCUT2D eigenvalue weighted by Gasteiger charge is -2.10. The molecule has 0 heterocycles. The zero-order chi connectivity index (χ0) is 12.4. The molecule has 17 heavy (non-hydrogen) atoms.